The van der Waals surface area contributed by atoms with E-state index in [1.54, 1.807) is 0 Å². The summed E-state index contributed by atoms with van der Waals surface area (Å²) in [6, 6.07) is 1.15. The van der Waals surface area contributed by atoms with Gasteiger partial charge in [-0.05, 0) is 12.8 Å². The van der Waals surface area contributed by atoms with Gasteiger partial charge < -0.3 is 9.84 Å². The Morgan fingerprint density at radius 2 is 1.89 bits per heavy atom. The summed E-state index contributed by atoms with van der Waals surface area (Å²) in [4.78, 5) is 24.2. The van der Waals surface area contributed by atoms with Crippen molar-refractivity contribution in [3.63, 3.8) is 0 Å². The Kier molecular flexibility index (Phi) is 7.98. The van der Waals surface area contributed by atoms with Crippen LogP contribution < -0.4 is 11.2 Å². The molecule has 0 spiro atoms. The molecule has 1 atom stereocenters. The van der Waals surface area contributed by atoms with Crippen LogP contribution in [0.5, 0.6) is 0 Å². The number of nitrogens with one attached hydrogen (secondary N) is 1. The van der Waals surface area contributed by atoms with Crippen molar-refractivity contribution in [2.24, 2.45) is 0 Å². The number of hydrogen-bond acceptors (Lipinski definition) is 4. The van der Waals surface area contributed by atoms with Crippen LogP contribution in [0.1, 0.15) is 47.0 Å². The lowest BCUT2D eigenvalue weighted by molar-refractivity contribution is -0.187. The SMILES string of the molecule is CC.CCC(CC)O[C@H](O)n1ccc(=O)[nH]c1=O. The zero-order chi connectivity index (χ0) is 14.1. The van der Waals surface area contributed by atoms with Gasteiger partial charge in [-0.2, -0.15) is 0 Å². The Hall–Kier alpha value is -1.40. The summed E-state index contributed by atoms with van der Waals surface area (Å²) in [6.45, 7) is 7.85. The average molecular weight is 258 g/mol. The van der Waals surface area contributed by atoms with E-state index in [1.807, 2.05) is 32.7 Å². The molecule has 0 aliphatic carbocycles. The Balaban J connectivity index is 0.00000137. The quantitative estimate of drug-likeness (QED) is 0.778. The Morgan fingerprint density at radius 1 is 1.33 bits per heavy atom. The van der Waals surface area contributed by atoms with Crippen LogP contribution in [0.2, 0.25) is 0 Å². The summed E-state index contributed by atoms with van der Waals surface area (Å²) in [5.41, 5.74) is -1.19. The number of ether oxygens (including phenoxy) is 1. The van der Waals surface area contributed by atoms with Gasteiger partial charge in [0.05, 0.1) is 6.10 Å². The molecule has 0 fully saturated rings. The van der Waals surface area contributed by atoms with Crippen molar-refractivity contribution in [2.75, 3.05) is 0 Å². The van der Waals surface area contributed by atoms with Crippen LogP contribution in [0.4, 0.5) is 0 Å². The van der Waals surface area contributed by atoms with Crippen LogP contribution in [0.25, 0.3) is 0 Å². The third-order valence-corrected chi connectivity index (χ3v) is 2.31. The molecule has 6 heteroatoms. The second kappa shape index (κ2) is 8.66. The maximum absolute atomic E-state index is 11.3. The molecule has 18 heavy (non-hydrogen) atoms. The van der Waals surface area contributed by atoms with Gasteiger partial charge in [-0.15, -0.1) is 0 Å². The fourth-order valence-electron chi connectivity index (χ4n) is 1.32. The normalized spacial score (nSPS) is 11.9. The van der Waals surface area contributed by atoms with Crippen LogP contribution in [-0.4, -0.2) is 20.8 Å². The van der Waals surface area contributed by atoms with Gasteiger partial charge in [0.2, 0.25) is 6.41 Å². The van der Waals surface area contributed by atoms with Gasteiger partial charge in [0.15, 0.2) is 0 Å². The Labute approximate surface area is 106 Å². The molecular formula is C12H22N2O4. The Bertz CT molecular complexity index is 434. The summed E-state index contributed by atoms with van der Waals surface area (Å²) in [5.74, 6) is 0. The first-order valence-electron chi connectivity index (χ1n) is 6.23. The maximum atomic E-state index is 11.3. The van der Waals surface area contributed by atoms with Crippen LogP contribution in [-0.2, 0) is 4.74 Å². The molecule has 1 aromatic rings. The second-order valence-electron chi connectivity index (χ2n) is 3.42. The molecule has 1 heterocycles. The molecule has 0 radical (unpaired) electrons. The highest BCUT2D eigenvalue weighted by Gasteiger charge is 2.13. The van der Waals surface area contributed by atoms with Crippen molar-refractivity contribution in [3.8, 4) is 0 Å². The number of aliphatic hydroxyl groups excluding tert-OH is 1. The summed E-state index contributed by atoms with van der Waals surface area (Å²) in [5, 5.41) is 9.64. The topological polar surface area (TPSA) is 84.3 Å². The minimum atomic E-state index is -1.37. The Morgan fingerprint density at radius 3 is 2.33 bits per heavy atom. The van der Waals surface area contributed by atoms with Crippen molar-refractivity contribution >= 4 is 0 Å². The number of aromatic nitrogens is 2. The van der Waals surface area contributed by atoms with E-state index < -0.39 is 17.7 Å². The van der Waals surface area contributed by atoms with Gasteiger partial charge in [-0.1, -0.05) is 27.7 Å². The molecule has 0 bridgehead atoms. The summed E-state index contributed by atoms with van der Waals surface area (Å²) in [7, 11) is 0. The van der Waals surface area contributed by atoms with Gasteiger partial charge in [-0.25, -0.2) is 4.79 Å². The minimum Gasteiger partial charge on any atom is -0.351 e. The van der Waals surface area contributed by atoms with Crippen molar-refractivity contribution < 1.29 is 9.84 Å². The smallest absolute Gasteiger partial charge is 0.332 e. The van der Waals surface area contributed by atoms with Crippen molar-refractivity contribution in [1.82, 2.24) is 9.55 Å². The summed E-state index contributed by atoms with van der Waals surface area (Å²) >= 11 is 0. The number of hydrogen-bond donors (Lipinski definition) is 2. The van der Waals surface area contributed by atoms with E-state index in [4.69, 9.17) is 4.74 Å². The van der Waals surface area contributed by atoms with Gasteiger partial charge in [0.25, 0.3) is 5.56 Å². The first-order valence-corrected chi connectivity index (χ1v) is 6.23. The molecule has 0 amide bonds. The largest absolute Gasteiger partial charge is 0.351 e. The molecule has 0 unspecified atom stereocenters. The minimum absolute atomic E-state index is 0.117. The predicted molar refractivity (Wildman–Crippen MR) is 69.4 cm³/mol. The number of aromatic amines is 1. The van der Waals surface area contributed by atoms with E-state index in [0.29, 0.717) is 0 Å². The van der Waals surface area contributed by atoms with E-state index in [2.05, 4.69) is 0 Å². The van der Waals surface area contributed by atoms with Gasteiger partial charge >= 0.3 is 5.69 Å². The number of H-pyrrole nitrogens is 1. The highest BCUT2D eigenvalue weighted by atomic mass is 16.6. The van der Waals surface area contributed by atoms with Crippen molar-refractivity contribution in [1.29, 1.82) is 0 Å². The molecule has 0 aliphatic rings. The zero-order valence-electron chi connectivity index (χ0n) is 11.3. The fraction of sp³-hybridized carbons (Fsp3) is 0.667. The lowest BCUT2D eigenvalue weighted by Crippen LogP contribution is -2.33. The van der Waals surface area contributed by atoms with Gasteiger partial charge in [0.1, 0.15) is 0 Å². The highest BCUT2D eigenvalue weighted by molar-refractivity contribution is 4.82. The van der Waals surface area contributed by atoms with E-state index in [0.717, 1.165) is 23.5 Å². The molecular weight excluding hydrogens is 236 g/mol. The van der Waals surface area contributed by atoms with Crippen molar-refractivity contribution in [3.05, 3.63) is 33.1 Å². The predicted octanol–water partition coefficient (Wildman–Crippen LogP) is 1.22. The summed E-state index contributed by atoms with van der Waals surface area (Å²) in [6.07, 6.45) is 1.20. The van der Waals surface area contributed by atoms with E-state index in [-0.39, 0.29) is 6.10 Å². The molecule has 0 saturated carbocycles. The molecule has 1 rings (SSSR count). The third-order valence-electron chi connectivity index (χ3n) is 2.31. The molecule has 6 nitrogen and oxygen atoms in total. The van der Waals surface area contributed by atoms with Crippen molar-refractivity contribution in [2.45, 2.75) is 53.1 Å². The van der Waals surface area contributed by atoms with Crippen LogP contribution in [0.3, 0.4) is 0 Å². The monoisotopic (exact) mass is 258 g/mol. The maximum Gasteiger partial charge on any atom is 0.332 e. The molecule has 0 aromatic carbocycles. The van der Waals surface area contributed by atoms with E-state index >= 15 is 0 Å². The second-order valence-corrected chi connectivity index (χ2v) is 3.42. The van der Waals surface area contributed by atoms with Crippen LogP contribution >= 0.6 is 0 Å². The van der Waals surface area contributed by atoms with Crippen LogP contribution in [0.15, 0.2) is 21.9 Å². The first kappa shape index (κ1) is 16.6. The molecule has 104 valence electrons. The first-order chi connectivity index (χ1) is 8.58. The van der Waals surface area contributed by atoms with Gasteiger partial charge in [-0.3, -0.25) is 14.3 Å². The highest BCUT2D eigenvalue weighted by Crippen LogP contribution is 2.10. The van der Waals surface area contributed by atoms with E-state index in [9.17, 15) is 14.7 Å². The third kappa shape index (κ3) is 4.85. The number of nitrogens with zero attached hydrogens (tertiary/aromatic N) is 1. The number of rotatable bonds is 5. The number of aliphatic hydroxyl groups is 1. The fourth-order valence-corrected chi connectivity index (χ4v) is 1.32. The van der Waals surface area contributed by atoms with Crippen LogP contribution in [0, 0.1) is 0 Å². The molecule has 1 aromatic heterocycles. The lowest BCUT2D eigenvalue weighted by Gasteiger charge is -2.19. The van der Waals surface area contributed by atoms with Gasteiger partial charge in [0, 0.05) is 12.3 Å². The average Bonchev–Trinajstić information content (AvgIpc) is 2.38. The zero-order valence-corrected chi connectivity index (χ0v) is 11.3. The molecule has 2 N–H and O–H groups in total. The molecule has 0 aliphatic heterocycles. The lowest BCUT2D eigenvalue weighted by atomic mass is 10.2. The molecule has 0 saturated heterocycles. The standard InChI is InChI=1S/C10H16N2O4.C2H6/c1-3-7(4-2)16-10(15)12-6-5-8(13)11-9(12)14;1-2/h5-7,10,15H,3-4H2,1-2H3,(H,11,13,14);1-2H3/t10-;/m0./s1. The van der Waals surface area contributed by atoms with E-state index in [1.165, 1.54) is 6.20 Å². The summed E-state index contributed by atoms with van der Waals surface area (Å²) < 4.78 is 6.18.